The Hall–Kier alpha value is -1.21. The molecule has 1 saturated carbocycles. The zero-order valence-corrected chi connectivity index (χ0v) is 14.8. The van der Waals surface area contributed by atoms with Gasteiger partial charge < -0.3 is 19.7 Å². The molecule has 25 heavy (non-hydrogen) atoms. The van der Waals surface area contributed by atoms with Crippen molar-refractivity contribution in [1.82, 2.24) is 4.90 Å². The van der Waals surface area contributed by atoms with Crippen LogP contribution in [0.25, 0.3) is 0 Å². The number of benzene rings is 1. The van der Waals surface area contributed by atoms with E-state index in [0.29, 0.717) is 37.6 Å². The van der Waals surface area contributed by atoms with E-state index in [4.69, 9.17) is 9.47 Å². The second kappa shape index (κ2) is 7.58. The molecule has 3 rings (SSSR count). The van der Waals surface area contributed by atoms with E-state index in [1.54, 1.807) is 19.1 Å². The lowest BCUT2D eigenvalue weighted by molar-refractivity contribution is -0.0712. The van der Waals surface area contributed by atoms with E-state index in [1.807, 2.05) is 0 Å². The Bertz CT molecular complexity index is 591. The first-order valence-electron chi connectivity index (χ1n) is 9.01. The molecule has 1 heterocycles. The fourth-order valence-corrected chi connectivity index (χ4v) is 3.75. The second-order valence-electron chi connectivity index (χ2n) is 7.62. The Morgan fingerprint density at radius 3 is 2.72 bits per heavy atom. The molecular weight excluding hydrogens is 325 g/mol. The van der Waals surface area contributed by atoms with Gasteiger partial charge in [0.15, 0.2) is 0 Å². The van der Waals surface area contributed by atoms with E-state index in [9.17, 15) is 14.6 Å². The third-order valence-corrected chi connectivity index (χ3v) is 5.13. The first-order valence-corrected chi connectivity index (χ1v) is 9.01. The van der Waals surface area contributed by atoms with Gasteiger partial charge >= 0.3 is 0 Å². The number of aliphatic hydroxyl groups is 2. The summed E-state index contributed by atoms with van der Waals surface area (Å²) in [5, 5.41) is 21.6. The topological polar surface area (TPSA) is 62.2 Å². The number of ether oxygens (including phenoxy) is 2. The molecule has 1 atom stereocenters. The van der Waals surface area contributed by atoms with Gasteiger partial charge in [-0.1, -0.05) is 12.8 Å². The van der Waals surface area contributed by atoms with E-state index in [2.05, 4.69) is 4.90 Å². The van der Waals surface area contributed by atoms with Crippen molar-refractivity contribution in [2.24, 2.45) is 0 Å². The molecular formula is C19H28FNO4. The fraction of sp³-hybridized carbons (Fsp3) is 0.684. The summed E-state index contributed by atoms with van der Waals surface area (Å²) in [6, 6.07) is 4.54. The van der Waals surface area contributed by atoms with Crippen molar-refractivity contribution in [3.8, 4) is 5.75 Å². The monoisotopic (exact) mass is 353 g/mol. The third-order valence-electron chi connectivity index (χ3n) is 5.13. The van der Waals surface area contributed by atoms with Gasteiger partial charge in [-0.05, 0) is 43.5 Å². The number of nitrogens with zero attached hydrogens (tertiary/aromatic N) is 1. The molecule has 0 spiro atoms. The summed E-state index contributed by atoms with van der Waals surface area (Å²) in [6.45, 7) is 4.06. The van der Waals surface area contributed by atoms with Gasteiger partial charge in [-0.2, -0.15) is 0 Å². The van der Waals surface area contributed by atoms with Crippen molar-refractivity contribution >= 4 is 0 Å². The molecule has 0 amide bonds. The Balaban J connectivity index is 1.61. The highest BCUT2D eigenvalue weighted by Gasteiger charge is 2.38. The Kier molecular flexibility index (Phi) is 5.63. The van der Waals surface area contributed by atoms with Crippen molar-refractivity contribution in [2.75, 3.05) is 39.5 Å². The van der Waals surface area contributed by atoms with E-state index in [1.165, 1.54) is 6.07 Å². The van der Waals surface area contributed by atoms with E-state index >= 15 is 0 Å². The van der Waals surface area contributed by atoms with Gasteiger partial charge in [-0.25, -0.2) is 4.39 Å². The predicted octanol–water partition coefficient (Wildman–Crippen LogP) is 1.88. The highest BCUT2D eigenvalue weighted by atomic mass is 19.1. The Morgan fingerprint density at radius 1 is 1.24 bits per heavy atom. The van der Waals surface area contributed by atoms with Crippen LogP contribution in [0.5, 0.6) is 5.75 Å². The molecule has 1 aliphatic heterocycles. The third kappa shape index (κ3) is 4.91. The van der Waals surface area contributed by atoms with Crippen LogP contribution in [-0.2, 0) is 4.74 Å². The maximum absolute atomic E-state index is 13.3. The summed E-state index contributed by atoms with van der Waals surface area (Å²) in [5.74, 6) is 0.248. The lowest BCUT2D eigenvalue weighted by Gasteiger charge is -2.34. The molecule has 1 aromatic carbocycles. The van der Waals surface area contributed by atoms with Crippen molar-refractivity contribution in [2.45, 2.75) is 43.8 Å². The van der Waals surface area contributed by atoms with Crippen LogP contribution >= 0.6 is 0 Å². The van der Waals surface area contributed by atoms with Gasteiger partial charge in [-0.3, -0.25) is 4.90 Å². The smallest absolute Gasteiger partial charge is 0.134 e. The zero-order valence-electron chi connectivity index (χ0n) is 14.8. The highest BCUT2D eigenvalue weighted by molar-refractivity contribution is 5.28. The molecule has 6 heteroatoms. The standard InChI is InChI=1S/C19H28FNO4/c1-15-10-16(4-5-17(15)20)25-14-19(23)12-21(8-9-24-13-19)11-18(22)6-2-3-7-18/h4-5,10,22-23H,2-3,6-9,11-14H2,1H3/t19-/m0/s1. The normalized spacial score (nSPS) is 27.2. The van der Waals surface area contributed by atoms with Crippen LogP contribution in [0.1, 0.15) is 31.2 Å². The largest absolute Gasteiger partial charge is 0.490 e. The van der Waals surface area contributed by atoms with Gasteiger partial charge in [0, 0.05) is 19.6 Å². The van der Waals surface area contributed by atoms with Gasteiger partial charge in [0.05, 0.1) is 18.8 Å². The number of rotatable bonds is 5. The first kappa shape index (κ1) is 18.6. The first-order chi connectivity index (χ1) is 11.9. The van der Waals surface area contributed by atoms with Crippen LogP contribution in [0.15, 0.2) is 18.2 Å². The summed E-state index contributed by atoms with van der Waals surface area (Å²) in [6.07, 6.45) is 3.73. The molecule has 1 aromatic rings. The van der Waals surface area contributed by atoms with Crippen LogP contribution in [-0.4, -0.2) is 65.8 Å². The van der Waals surface area contributed by atoms with Crippen LogP contribution in [0.3, 0.4) is 0 Å². The zero-order chi connectivity index (χ0) is 17.9. The van der Waals surface area contributed by atoms with Gasteiger partial charge in [0.2, 0.25) is 0 Å². The van der Waals surface area contributed by atoms with Gasteiger partial charge in [0.25, 0.3) is 0 Å². The molecule has 2 N–H and O–H groups in total. The summed E-state index contributed by atoms with van der Waals surface area (Å²) < 4.78 is 24.6. The maximum atomic E-state index is 13.3. The van der Waals surface area contributed by atoms with Gasteiger partial charge in [-0.15, -0.1) is 0 Å². The SMILES string of the molecule is Cc1cc(OC[C@@]2(O)COCCN(CC3(O)CCCC3)C2)ccc1F. The Labute approximate surface area is 148 Å². The number of hydrogen-bond donors (Lipinski definition) is 2. The minimum atomic E-state index is -1.16. The highest BCUT2D eigenvalue weighted by Crippen LogP contribution is 2.31. The number of aryl methyl sites for hydroxylation is 1. The second-order valence-corrected chi connectivity index (χ2v) is 7.62. The molecule has 1 saturated heterocycles. The summed E-state index contributed by atoms with van der Waals surface area (Å²) in [7, 11) is 0. The molecule has 2 aliphatic rings. The van der Waals surface area contributed by atoms with Gasteiger partial charge in [0.1, 0.15) is 23.8 Å². The lowest BCUT2D eigenvalue weighted by atomic mass is 10.00. The Morgan fingerprint density at radius 2 is 2.00 bits per heavy atom. The molecule has 0 aromatic heterocycles. The van der Waals surface area contributed by atoms with Crippen molar-refractivity contribution < 1.29 is 24.1 Å². The number of halogens is 1. The van der Waals surface area contributed by atoms with Crippen LogP contribution in [0.2, 0.25) is 0 Å². The molecule has 0 unspecified atom stereocenters. The fourth-order valence-electron chi connectivity index (χ4n) is 3.75. The van der Waals surface area contributed by atoms with E-state index in [-0.39, 0.29) is 19.0 Å². The quantitative estimate of drug-likeness (QED) is 0.846. The van der Waals surface area contributed by atoms with Crippen LogP contribution in [0, 0.1) is 12.7 Å². The summed E-state index contributed by atoms with van der Waals surface area (Å²) in [4.78, 5) is 2.07. The lowest BCUT2D eigenvalue weighted by Crippen LogP contribution is -2.52. The molecule has 5 nitrogen and oxygen atoms in total. The minimum absolute atomic E-state index is 0.0625. The van der Waals surface area contributed by atoms with E-state index < -0.39 is 11.2 Å². The minimum Gasteiger partial charge on any atom is -0.490 e. The molecule has 1 aliphatic carbocycles. The predicted molar refractivity (Wildman–Crippen MR) is 92.3 cm³/mol. The van der Waals surface area contributed by atoms with Crippen molar-refractivity contribution in [3.63, 3.8) is 0 Å². The molecule has 2 fully saturated rings. The number of hydrogen-bond acceptors (Lipinski definition) is 5. The molecule has 140 valence electrons. The average molecular weight is 353 g/mol. The number of β-amino-alcohol motifs (C(OH)–C–C–N with tert-alkyl or cyclic N) is 2. The molecule has 0 radical (unpaired) electrons. The average Bonchev–Trinajstić information content (AvgIpc) is 2.90. The molecule has 0 bridgehead atoms. The summed E-state index contributed by atoms with van der Waals surface area (Å²) in [5.41, 5.74) is -1.31. The maximum Gasteiger partial charge on any atom is 0.134 e. The van der Waals surface area contributed by atoms with Crippen molar-refractivity contribution in [3.05, 3.63) is 29.6 Å². The van der Waals surface area contributed by atoms with Crippen molar-refractivity contribution in [1.29, 1.82) is 0 Å². The van der Waals surface area contributed by atoms with E-state index in [0.717, 1.165) is 25.7 Å². The summed E-state index contributed by atoms with van der Waals surface area (Å²) >= 11 is 0. The van der Waals surface area contributed by atoms with Crippen LogP contribution in [0.4, 0.5) is 4.39 Å². The van der Waals surface area contributed by atoms with Crippen LogP contribution < -0.4 is 4.74 Å².